The fourth-order valence-electron chi connectivity index (χ4n) is 3.31. The second-order valence-corrected chi connectivity index (χ2v) is 6.48. The Hall–Kier alpha value is -1.09. The van der Waals surface area contributed by atoms with Gasteiger partial charge in [0.05, 0.1) is 0 Å². The SMILES string of the molecule is Cc1cc(F)ccc1N1CC(C)(C2CC2)NCC1C. The number of hydrogen-bond donors (Lipinski definition) is 1. The fourth-order valence-corrected chi connectivity index (χ4v) is 3.31. The van der Waals surface area contributed by atoms with Gasteiger partial charge < -0.3 is 10.2 Å². The third kappa shape index (κ3) is 2.36. The van der Waals surface area contributed by atoms with E-state index in [2.05, 4.69) is 24.1 Å². The van der Waals surface area contributed by atoms with Crippen LogP contribution in [0.4, 0.5) is 10.1 Å². The van der Waals surface area contributed by atoms with Gasteiger partial charge in [-0.15, -0.1) is 0 Å². The van der Waals surface area contributed by atoms with Gasteiger partial charge in [-0.05, 0) is 63.3 Å². The minimum absolute atomic E-state index is 0.144. The van der Waals surface area contributed by atoms with Crippen molar-refractivity contribution >= 4 is 5.69 Å². The van der Waals surface area contributed by atoms with Gasteiger partial charge in [0.1, 0.15) is 5.82 Å². The van der Waals surface area contributed by atoms with Crippen LogP contribution < -0.4 is 10.2 Å². The number of aryl methyl sites for hydroxylation is 1. The second-order valence-electron chi connectivity index (χ2n) is 6.48. The molecule has 1 aromatic rings. The summed E-state index contributed by atoms with van der Waals surface area (Å²) in [6.07, 6.45) is 2.68. The summed E-state index contributed by atoms with van der Waals surface area (Å²) in [6.45, 7) is 8.60. The van der Waals surface area contributed by atoms with Crippen LogP contribution in [0.5, 0.6) is 0 Å². The molecule has 1 aliphatic carbocycles. The van der Waals surface area contributed by atoms with Crippen LogP contribution in [0.3, 0.4) is 0 Å². The third-order valence-corrected chi connectivity index (χ3v) is 4.78. The van der Waals surface area contributed by atoms with Crippen molar-refractivity contribution in [1.82, 2.24) is 5.32 Å². The highest BCUT2D eigenvalue weighted by Crippen LogP contribution is 2.42. The van der Waals surface area contributed by atoms with E-state index in [9.17, 15) is 4.39 Å². The Morgan fingerprint density at radius 3 is 2.74 bits per heavy atom. The molecule has 1 saturated carbocycles. The van der Waals surface area contributed by atoms with Gasteiger partial charge in [0, 0.05) is 30.4 Å². The lowest BCUT2D eigenvalue weighted by Gasteiger charge is -2.47. The van der Waals surface area contributed by atoms with E-state index in [0.29, 0.717) is 6.04 Å². The molecule has 0 amide bonds. The molecule has 0 bridgehead atoms. The van der Waals surface area contributed by atoms with Crippen LogP contribution in [0.2, 0.25) is 0 Å². The van der Waals surface area contributed by atoms with Crippen LogP contribution in [-0.4, -0.2) is 24.7 Å². The molecule has 1 aliphatic heterocycles. The van der Waals surface area contributed by atoms with Crippen molar-refractivity contribution in [3.8, 4) is 0 Å². The minimum Gasteiger partial charge on any atom is -0.365 e. The molecule has 0 spiro atoms. The number of piperazine rings is 1. The van der Waals surface area contributed by atoms with Gasteiger partial charge in [0.25, 0.3) is 0 Å². The summed E-state index contributed by atoms with van der Waals surface area (Å²) in [7, 11) is 0. The van der Waals surface area contributed by atoms with E-state index in [1.807, 2.05) is 13.0 Å². The van der Waals surface area contributed by atoms with Crippen LogP contribution in [0.25, 0.3) is 0 Å². The zero-order valence-electron chi connectivity index (χ0n) is 12.0. The Morgan fingerprint density at radius 1 is 1.37 bits per heavy atom. The molecule has 3 heteroatoms. The van der Waals surface area contributed by atoms with Gasteiger partial charge in [0.2, 0.25) is 0 Å². The van der Waals surface area contributed by atoms with Crippen molar-refractivity contribution in [3.63, 3.8) is 0 Å². The molecular formula is C16H23FN2. The van der Waals surface area contributed by atoms with Crippen LogP contribution in [0, 0.1) is 18.7 Å². The molecule has 0 radical (unpaired) electrons. The summed E-state index contributed by atoms with van der Waals surface area (Å²) < 4.78 is 13.3. The van der Waals surface area contributed by atoms with Gasteiger partial charge in [-0.1, -0.05) is 0 Å². The zero-order valence-corrected chi connectivity index (χ0v) is 12.0. The van der Waals surface area contributed by atoms with Crippen molar-refractivity contribution in [2.24, 2.45) is 5.92 Å². The first-order valence-corrected chi connectivity index (χ1v) is 7.27. The summed E-state index contributed by atoms with van der Waals surface area (Å²) in [6, 6.07) is 5.60. The quantitative estimate of drug-likeness (QED) is 0.881. The van der Waals surface area contributed by atoms with E-state index in [1.165, 1.54) is 18.5 Å². The molecule has 104 valence electrons. The maximum absolute atomic E-state index is 13.3. The smallest absolute Gasteiger partial charge is 0.123 e. The average Bonchev–Trinajstić information content (AvgIpc) is 3.17. The fraction of sp³-hybridized carbons (Fsp3) is 0.625. The Kier molecular flexibility index (Phi) is 3.05. The van der Waals surface area contributed by atoms with E-state index in [0.717, 1.165) is 24.6 Å². The van der Waals surface area contributed by atoms with E-state index < -0.39 is 0 Å². The van der Waals surface area contributed by atoms with Crippen molar-refractivity contribution in [2.75, 3.05) is 18.0 Å². The van der Waals surface area contributed by atoms with Crippen molar-refractivity contribution in [2.45, 2.75) is 45.2 Å². The molecule has 2 nitrogen and oxygen atoms in total. The molecule has 2 aliphatic rings. The lowest BCUT2D eigenvalue weighted by Crippen LogP contribution is -2.63. The second kappa shape index (κ2) is 4.48. The lowest BCUT2D eigenvalue weighted by atomic mass is 9.90. The molecule has 1 saturated heterocycles. The van der Waals surface area contributed by atoms with Crippen LogP contribution >= 0.6 is 0 Å². The van der Waals surface area contributed by atoms with Gasteiger partial charge in [-0.3, -0.25) is 0 Å². The molecular weight excluding hydrogens is 239 g/mol. The zero-order chi connectivity index (χ0) is 13.6. The molecule has 2 unspecified atom stereocenters. The largest absolute Gasteiger partial charge is 0.365 e. The first-order valence-electron chi connectivity index (χ1n) is 7.27. The number of nitrogens with zero attached hydrogens (tertiary/aromatic N) is 1. The number of rotatable bonds is 2. The lowest BCUT2D eigenvalue weighted by molar-refractivity contribution is 0.260. The molecule has 0 aromatic heterocycles. The number of halogens is 1. The molecule has 19 heavy (non-hydrogen) atoms. The van der Waals surface area contributed by atoms with Gasteiger partial charge in [-0.25, -0.2) is 4.39 Å². The number of benzene rings is 1. The first-order chi connectivity index (χ1) is 8.99. The van der Waals surface area contributed by atoms with Crippen molar-refractivity contribution in [1.29, 1.82) is 0 Å². The average molecular weight is 262 g/mol. The standard InChI is InChI=1S/C16H23FN2/c1-11-8-14(17)6-7-15(11)19-10-16(3,13-4-5-13)18-9-12(19)2/h6-8,12-13,18H,4-5,9-10H2,1-3H3. The van der Waals surface area contributed by atoms with E-state index >= 15 is 0 Å². The Balaban J connectivity index is 1.88. The third-order valence-electron chi connectivity index (χ3n) is 4.78. The van der Waals surface area contributed by atoms with Gasteiger partial charge in [-0.2, -0.15) is 0 Å². The Bertz CT molecular complexity index is 484. The normalized spacial score (nSPS) is 31.6. The Morgan fingerprint density at radius 2 is 2.11 bits per heavy atom. The highest BCUT2D eigenvalue weighted by atomic mass is 19.1. The molecule has 1 N–H and O–H groups in total. The number of hydrogen-bond acceptors (Lipinski definition) is 2. The van der Waals surface area contributed by atoms with E-state index in [1.54, 1.807) is 12.1 Å². The highest BCUT2D eigenvalue weighted by Gasteiger charge is 2.45. The molecule has 2 atom stereocenters. The Labute approximate surface area is 115 Å². The van der Waals surface area contributed by atoms with Crippen LogP contribution in [-0.2, 0) is 0 Å². The van der Waals surface area contributed by atoms with E-state index in [-0.39, 0.29) is 11.4 Å². The minimum atomic E-state index is -0.144. The van der Waals surface area contributed by atoms with Crippen LogP contribution in [0.15, 0.2) is 18.2 Å². The first kappa shape index (κ1) is 12.9. The summed E-state index contributed by atoms with van der Waals surface area (Å²) in [4.78, 5) is 2.45. The summed E-state index contributed by atoms with van der Waals surface area (Å²) in [5, 5.41) is 3.72. The number of nitrogens with one attached hydrogen (secondary N) is 1. The maximum Gasteiger partial charge on any atom is 0.123 e. The summed E-state index contributed by atoms with van der Waals surface area (Å²) >= 11 is 0. The van der Waals surface area contributed by atoms with Crippen LogP contribution in [0.1, 0.15) is 32.3 Å². The highest BCUT2D eigenvalue weighted by molar-refractivity contribution is 5.55. The molecule has 3 rings (SSSR count). The molecule has 1 aromatic carbocycles. The molecule has 2 fully saturated rings. The monoisotopic (exact) mass is 262 g/mol. The molecule has 1 heterocycles. The van der Waals surface area contributed by atoms with Gasteiger partial charge in [0.15, 0.2) is 0 Å². The summed E-state index contributed by atoms with van der Waals surface area (Å²) in [5.74, 6) is 0.664. The summed E-state index contributed by atoms with van der Waals surface area (Å²) in [5.41, 5.74) is 2.43. The van der Waals surface area contributed by atoms with Crippen molar-refractivity contribution in [3.05, 3.63) is 29.6 Å². The topological polar surface area (TPSA) is 15.3 Å². The predicted octanol–water partition coefficient (Wildman–Crippen LogP) is 3.10. The predicted molar refractivity (Wildman–Crippen MR) is 77.1 cm³/mol. The van der Waals surface area contributed by atoms with Crippen molar-refractivity contribution < 1.29 is 4.39 Å². The maximum atomic E-state index is 13.3. The van der Waals surface area contributed by atoms with Gasteiger partial charge >= 0.3 is 0 Å². The number of anilines is 1. The van der Waals surface area contributed by atoms with E-state index in [4.69, 9.17) is 0 Å².